The lowest BCUT2D eigenvalue weighted by Crippen LogP contribution is -2.25. The zero-order valence-corrected chi connectivity index (χ0v) is 11.7. The summed E-state index contributed by atoms with van der Waals surface area (Å²) in [7, 11) is 2.10. The Hall–Kier alpha value is -1.75. The maximum absolute atomic E-state index is 6.01. The second-order valence-electron chi connectivity index (χ2n) is 4.75. The second kappa shape index (κ2) is 6.43. The third-order valence-corrected chi connectivity index (χ3v) is 3.15. The van der Waals surface area contributed by atoms with E-state index in [0.29, 0.717) is 18.2 Å². The Bertz CT molecular complexity index is 523. The standard InChI is InChI=1S/C14H22N4O/c1-3-4-8-17(2)10-11-19-14-13(15)12-7-5-6-9-18(12)16-14/h5-7,9H,3-4,8,10-11,15H2,1-2H3. The van der Waals surface area contributed by atoms with Crippen LogP contribution in [0.3, 0.4) is 0 Å². The molecule has 2 aromatic heterocycles. The number of nitrogens with two attached hydrogens (primary N) is 1. The molecule has 0 aliphatic carbocycles. The van der Waals surface area contributed by atoms with Gasteiger partial charge < -0.3 is 15.4 Å². The van der Waals surface area contributed by atoms with Gasteiger partial charge in [-0.15, -0.1) is 5.10 Å². The number of nitrogen functional groups attached to an aromatic ring is 1. The van der Waals surface area contributed by atoms with Crippen molar-refractivity contribution in [2.24, 2.45) is 0 Å². The van der Waals surface area contributed by atoms with Crippen molar-refractivity contribution in [3.05, 3.63) is 24.4 Å². The number of pyridine rings is 1. The maximum Gasteiger partial charge on any atom is 0.257 e. The Morgan fingerprint density at radius 1 is 1.37 bits per heavy atom. The van der Waals surface area contributed by atoms with Crippen molar-refractivity contribution >= 4 is 11.2 Å². The molecule has 0 spiro atoms. The van der Waals surface area contributed by atoms with Crippen molar-refractivity contribution in [1.29, 1.82) is 0 Å². The molecular formula is C14H22N4O. The van der Waals surface area contributed by atoms with Gasteiger partial charge >= 0.3 is 0 Å². The van der Waals surface area contributed by atoms with Gasteiger partial charge in [0, 0.05) is 12.7 Å². The Labute approximate surface area is 114 Å². The fourth-order valence-corrected chi connectivity index (χ4v) is 1.94. The molecule has 5 nitrogen and oxygen atoms in total. The number of fused-ring (bicyclic) bond motifs is 1. The number of aromatic nitrogens is 2. The number of unbranched alkanes of at least 4 members (excludes halogenated alkanes) is 1. The van der Waals surface area contributed by atoms with Gasteiger partial charge in [-0.25, -0.2) is 4.52 Å². The van der Waals surface area contributed by atoms with Crippen molar-refractivity contribution < 1.29 is 4.74 Å². The highest BCUT2D eigenvalue weighted by Crippen LogP contribution is 2.24. The van der Waals surface area contributed by atoms with Crippen molar-refractivity contribution in [3.63, 3.8) is 0 Å². The minimum absolute atomic E-state index is 0.523. The molecule has 0 bridgehead atoms. The molecule has 2 rings (SSSR count). The molecule has 0 aromatic carbocycles. The zero-order chi connectivity index (χ0) is 13.7. The SMILES string of the molecule is CCCCN(C)CCOc1nn2ccccc2c1N. The molecule has 0 fully saturated rings. The Kier molecular flexibility index (Phi) is 4.63. The summed E-state index contributed by atoms with van der Waals surface area (Å²) in [5.74, 6) is 0.523. The average molecular weight is 262 g/mol. The lowest BCUT2D eigenvalue weighted by atomic mass is 10.3. The van der Waals surface area contributed by atoms with Crippen LogP contribution in [0.1, 0.15) is 19.8 Å². The van der Waals surface area contributed by atoms with Gasteiger partial charge in [0.15, 0.2) is 0 Å². The Morgan fingerprint density at radius 3 is 2.95 bits per heavy atom. The van der Waals surface area contributed by atoms with Gasteiger partial charge in [-0.05, 0) is 32.1 Å². The number of likely N-dealkylation sites (N-methyl/N-ethyl adjacent to an activating group) is 1. The van der Waals surface area contributed by atoms with Gasteiger partial charge in [0.2, 0.25) is 0 Å². The van der Waals surface area contributed by atoms with Crippen LogP contribution in [0.15, 0.2) is 24.4 Å². The summed E-state index contributed by atoms with van der Waals surface area (Å²) in [6, 6.07) is 5.79. The van der Waals surface area contributed by atoms with Crippen molar-refractivity contribution in [1.82, 2.24) is 14.5 Å². The maximum atomic E-state index is 6.01. The molecule has 0 radical (unpaired) electrons. The largest absolute Gasteiger partial charge is 0.474 e. The van der Waals surface area contributed by atoms with E-state index in [0.717, 1.165) is 18.6 Å². The van der Waals surface area contributed by atoms with Crippen molar-refractivity contribution in [2.75, 3.05) is 32.5 Å². The molecule has 2 N–H and O–H groups in total. The monoisotopic (exact) mass is 262 g/mol. The Balaban J connectivity index is 1.89. The summed E-state index contributed by atoms with van der Waals surface area (Å²) in [6.45, 7) is 4.78. The zero-order valence-electron chi connectivity index (χ0n) is 11.7. The van der Waals surface area contributed by atoms with E-state index in [1.165, 1.54) is 12.8 Å². The molecule has 104 valence electrons. The quantitative estimate of drug-likeness (QED) is 0.829. The highest BCUT2D eigenvalue weighted by Gasteiger charge is 2.10. The van der Waals surface area contributed by atoms with Gasteiger partial charge in [0.25, 0.3) is 5.88 Å². The smallest absolute Gasteiger partial charge is 0.257 e. The number of ether oxygens (including phenoxy) is 1. The second-order valence-corrected chi connectivity index (χ2v) is 4.75. The first kappa shape index (κ1) is 13.7. The molecule has 0 atom stereocenters. The number of nitrogens with zero attached hydrogens (tertiary/aromatic N) is 3. The molecule has 2 heterocycles. The topological polar surface area (TPSA) is 55.8 Å². The van der Waals surface area contributed by atoms with E-state index in [1.807, 2.05) is 24.4 Å². The van der Waals surface area contributed by atoms with Crippen LogP contribution < -0.4 is 10.5 Å². The highest BCUT2D eigenvalue weighted by atomic mass is 16.5. The number of anilines is 1. The molecule has 19 heavy (non-hydrogen) atoms. The van der Waals surface area contributed by atoms with E-state index in [1.54, 1.807) is 4.52 Å². The van der Waals surface area contributed by atoms with Crippen LogP contribution in [-0.2, 0) is 0 Å². The summed E-state index contributed by atoms with van der Waals surface area (Å²) in [5, 5.41) is 4.32. The lowest BCUT2D eigenvalue weighted by molar-refractivity contribution is 0.230. The van der Waals surface area contributed by atoms with E-state index in [2.05, 4.69) is 24.0 Å². The molecule has 0 aliphatic rings. The molecule has 0 saturated carbocycles. The highest BCUT2D eigenvalue weighted by molar-refractivity contribution is 5.74. The minimum atomic E-state index is 0.523. The van der Waals surface area contributed by atoms with Crippen LogP contribution in [0.4, 0.5) is 5.69 Å². The first-order valence-corrected chi connectivity index (χ1v) is 6.76. The molecule has 5 heteroatoms. The van der Waals surface area contributed by atoms with E-state index < -0.39 is 0 Å². The van der Waals surface area contributed by atoms with Crippen LogP contribution >= 0.6 is 0 Å². The third-order valence-electron chi connectivity index (χ3n) is 3.15. The Morgan fingerprint density at radius 2 is 2.21 bits per heavy atom. The van der Waals surface area contributed by atoms with Gasteiger partial charge in [0.1, 0.15) is 12.3 Å². The van der Waals surface area contributed by atoms with Crippen LogP contribution in [0, 0.1) is 0 Å². The molecule has 2 aromatic rings. The van der Waals surface area contributed by atoms with Gasteiger partial charge in [0.05, 0.1) is 5.52 Å². The summed E-state index contributed by atoms with van der Waals surface area (Å²) in [4.78, 5) is 2.26. The molecular weight excluding hydrogens is 240 g/mol. The van der Waals surface area contributed by atoms with Crippen LogP contribution in [0.2, 0.25) is 0 Å². The summed E-state index contributed by atoms with van der Waals surface area (Å²) in [5.41, 5.74) is 7.51. The fourth-order valence-electron chi connectivity index (χ4n) is 1.94. The van der Waals surface area contributed by atoms with E-state index >= 15 is 0 Å². The molecule has 0 aliphatic heterocycles. The van der Waals surface area contributed by atoms with Crippen LogP contribution in [0.5, 0.6) is 5.88 Å². The number of hydrogen-bond donors (Lipinski definition) is 1. The normalized spacial score (nSPS) is 11.3. The third kappa shape index (κ3) is 3.38. The molecule has 0 unspecified atom stereocenters. The molecule has 0 saturated heterocycles. The van der Waals surface area contributed by atoms with Crippen molar-refractivity contribution in [2.45, 2.75) is 19.8 Å². The van der Waals surface area contributed by atoms with E-state index in [9.17, 15) is 0 Å². The van der Waals surface area contributed by atoms with Crippen LogP contribution in [0.25, 0.3) is 5.52 Å². The van der Waals surface area contributed by atoms with Crippen molar-refractivity contribution in [3.8, 4) is 5.88 Å². The van der Waals surface area contributed by atoms with Gasteiger partial charge in [-0.3, -0.25) is 0 Å². The van der Waals surface area contributed by atoms with E-state index in [4.69, 9.17) is 10.5 Å². The first-order chi connectivity index (χ1) is 9.22. The van der Waals surface area contributed by atoms with Gasteiger partial charge in [-0.2, -0.15) is 0 Å². The molecule has 0 amide bonds. The summed E-state index contributed by atoms with van der Waals surface area (Å²) in [6.07, 6.45) is 4.30. The summed E-state index contributed by atoms with van der Waals surface area (Å²) >= 11 is 0. The predicted molar refractivity (Wildman–Crippen MR) is 77.5 cm³/mol. The minimum Gasteiger partial charge on any atom is -0.474 e. The lowest BCUT2D eigenvalue weighted by Gasteiger charge is -2.15. The van der Waals surface area contributed by atoms with Gasteiger partial charge in [-0.1, -0.05) is 19.4 Å². The number of hydrogen-bond acceptors (Lipinski definition) is 4. The number of rotatable bonds is 7. The first-order valence-electron chi connectivity index (χ1n) is 6.76. The average Bonchev–Trinajstić information content (AvgIpc) is 2.74. The summed E-state index contributed by atoms with van der Waals surface area (Å²) < 4.78 is 7.42. The van der Waals surface area contributed by atoms with Crippen LogP contribution in [-0.4, -0.2) is 41.3 Å². The predicted octanol–water partition coefficient (Wildman–Crippen LogP) is 2.03. The fraction of sp³-hybridized carbons (Fsp3) is 0.500. The van der Waals surface area contributed by atoms with E-state index in [-0.39, 0.29) is 0 Å².